The first kappa shape index (κ1) is 19.1. The molecule has 5 nitrogen and oxygen atoms in total. The molecule has 1 aliphatic heterocycles. The van der Waals surface area contributed by atoms with E-state index in [0.717, 1.165) is 18.8 Å². The molecule has 0 radical (unpaired) electrons. The first-order valence-corrected chi connectivity index (χ1v) is 9.81. The van der Waals surface area contributed by atoms with Gasteiger partial charge in [-0.15, -0.1) is 0 Å². The lowest BCUT2D eigenvalue weighted by Gasteiger charge is -2.34. The van der Waals surface area contributed by atoms with Crippen LogP contribution in [0.2, 0.25) is 5.02 Å². The molecular formula is C17H24ClN3O2S. The topological polar surface area (TPSA) is 52.7 Å². The van der Waals surface area contributed by atoms with Crippen molar-refractivity contribution in [3.05, 3.63) is 34.9 Å². The van der Waals surface area contributed by atoms with Gasteiger partial charge in [-0.05, 0) is 37.6 Å². The quantitative estimate of drug-likeness (QED) is 0.833. The second-order valence-corrected chi connectivity index (χ2v) is 7.31. The molecule has 1 N–H and O–H groups in total. The molecular weight excluding hydrogens is 346 g/mol. The summed E-state index contributed by atoms with van der Waals surface area (Å²) in [6.07, 6.45) is 2.61. The van der Waals surface area contributed by atoms with Crippen molar-refractivity contribution < 1.29 is 9.59 Å². The van der Waals surface area contributed by atoms with Crippen LogP contribution in [0.4, 0.5) is 0 Å². The zero-order valence-corrected chi connectivity index (χ0v) is 15.7. The molecule has 0 aromatic heterocycles. The number of carbonyl (C=O) groups is 2. The Labute approximate surface area is 152 Å². The van der Waals surface area contributed by atoms with Gasteiger partial charge in [0.2, 0.25) is 5.91 Å². The van der Waals surface area contributed by atoms with Crippen LogP contribution in [0, 0.1) is 0 Å². The highest BCUT2D eigenvalue weighted by molar-refractivity contribution is 7.98. The first-order chi connectivity index (χ1) is 11.5. The number of nitrogens with one attached hydrogen (secondary N) is 1. The average molecular weight is 370 g/mol. The van der Waals surface area contributed by atoms with E-state index in [0.29, 0.717) is 30.1 Å². The van der Waals surface area contributed by atoms with Crippen LogP contribution in [-0.4, -0.2) is 72.9 Å². The van der Waals surface area contributed by atoms with Crippen molar-refractivity contribution >= 4 is 35.2 Å². The van der Waals surface area contributed by atoms with Crippen LogP contribution in [0.3, 0.4) is 0 Å². The summed E-state index contributed by atoms with van der Waals surface area (Å²) in [5.74, 6) is 0.513. The van der Waals surface area contributed by atoms with Gasteiger partial charge in [-0.2, -0.15) is 11.8 Å². The fourth-order valence-corrected chi connectivity index (χ4v) is 3.31. The van der Waals surface area contributed by atoms with Gasteiger partial charge in [-0.3, -0.25) is 9.59 Å². The highest BCUT2D eigenvalue weighted by atomic mass is 35.5. The summed E-state index contributed by atoms with van der Waals surface area (Å²) in [7, 11) is 2.05. The molecule has 1 aromatic rings. The van der Waals surface area contributed by atoms with Gasteiger partial charge in [-0.1, -0.05) is 23.7 Å². The Kier molecular flexibility index (Phi) is 7.40. The maximum atomic E-state index is 12.8. The standard InChI is InChI=1S/C17H24ClN3O2S/c1-20-8-10-21(11-9-20)17(23)15(7-12-24-2)19-16(22)13-5-3-4-6-14(13)18/h3-6,15H,7-12H2,1-2H3,(H,19,22). The van der Waals surface area contributed by atoms with Crippen molar-refractivity contribution in [3.63, 3.8) is 0 Å². The number of amides is 2. The van der Waals surface area contributed by atoms with Crippen LogP contribution in [0.25, 0.3) is 0 Å². The molecule has 1 aromatic carbocycles. The summed E-state index contributed by atoms with van der Waals surface area (Å²) < 4.78 is 0. The van der Waals surface area contributed by atoms with E-state index in [9.17, 15) is 9.59 Å². The van der Waals surface area contributed by atoms with Gasteiger partial charge < -0.3 is 15.1 Å². The Morgan fingerprint density at radius 3 is 2.54 bits per heavy atom. The normalized spacial score (nSPS) is 16.7. The number of carbonyl (C=O) groups excluding carboxylic acids is 2. The van der Waals surface area contributed by atoms with E-state index in [1.807, 2.05) is 18.2 Å². The number of likely N-dealkylation sites (N-methyl/N-ethyl adjacent to an activating group) is 1. The zero-order chi connectivity index (χ0) is 17.5. The minimum absolute atomic E-state index is 0.00227. The minimum Gasteiger partial charge on any atom is -0.340 e. The van der Waals surface area contributed by atoms with Crippen LogP contribution in [0.5, 0.6) is 0 Å². The van der Waals surface area contributed by atoms with Crippen LogP contribution in [0.1, 0.15) is 16.8 Å². The summed E-state index contributed by atoms with van der Waals surface area (Å²) in [6.45, 7) is 3.12. The molecule has 0 saturated carbocycles. The lowest BCUT2D eigenvalue weighted by atomic mass is 10.1. The summed E-state index contributed by atoms with van der Waals surface area (Å²) in [5, 5.41) is 3.27. The zero-order valence-electron chi connectivity index (χ0n) is 14.1. The Morgan fingerprint density at radius 2 is 1.92 bits per heavy atom. The van der Waals surface area contributed by atoms with Crippen LogP contribution < -0.4 is 5.32 Å². The third-order valence-electron chi connectivity index (χ3n) is 4.15. The lowest BCUT2D eigenvalue weighted by molar-refractivity contribution is -0.134. The second-order valence-electron chi connectivity index (χ2n) is 5.92. The Hall–Kier alpha value is -1.24. The molecule has 2 amide bonds. The van der Waals surface area contributed by atoms with Crippen molar-refractivity contribution in [2.24, 2.45) is 0 Å². The highest BCUT2D eigenvalue weighted by Crippen LogP contribution is 2.16. The van der Waals surface area contributed by atoms with Crippen LogP contribution in [-0.2, 0) is 4.79 Å². The predicted octanol–water partition coefficient (Wildman–Crippen LogP) is 1.97. The van der Waals surface area contributed by atoms with Gasteiger partial charge in [0.1, 0.15) is 6.04 Å². The minimum atomic E-state index is -0.510. The molecule has 24 heavy (non-hydrogen) atoms. The number of benzene rings is 1. The highest BCUT2D eigenvalue weighted by Gasteiger charge is 2.28. The molecule has 0 aliphatic carbocycles. The largest absolute Gasteiger partial charge is 0.340 e. The second kappa shape index (κ2) is 9.30. The fourth-order valence-electron chi connectivity index (χ4n) is 2.62. The Bertz CT molecular complexity index is 577. The third-order valence-corrected chi connectivity index (χ3v) is 5.12. The molecule has 1 fully saturated rings. The SMILES string of the molecule is CSCCC(NC(=O)c1ccccc1Cl)C(=O)N1CCN(C)CC1. The number of thioether (sulfide) groups is 1. The van der Waals surface area contributed by atoms with Gasteiger partial charge in [-0.25, -0.2) is 0 Å². The van der Waals surface area contributed by atoms with E-state index in [4.69, 9.17) is 11.6 Å². The van der Waals surface area contributed by atoms with E-state index in [2.05, 4.69) is 10.2 Å². The van der Waals surface area contributed by atoms with E-state index in [1.54, 1.807) is 36.0 Å². The summed E-state index contributed by atoms with van der Waals surface area (Å²) in [4.78, 5) is 29.4. The van der Waals surface area contributed by atoms with Crippen molar-refractivity contribution in [2.75, 3.05) is 45.2 Å². The number of rotatable bonds is 6. The molecule has 7 heteroatoms. The van der Waals surface area contributed by atoms with Gasteiger partial charge >= 0.3 is 0 Å². The average Bonchev–Trinajstić information content (AvgIpc) is 2.59. The van der Waals surface area contributed by atoms with Gasteiger partial charge in [0.15, 0.2) is 0 Å². The van der Waals surface area contributed by atoms with Crippen molar-refractivity contribution in [1.29, 1.82) is 0 Å². The van der Waals surface area contributed by atoms with E-state index < -0.39 is 6.04 Å². The molecule has 132 valence electrons. The third kappa shape index (κ3) is 5.13. The number of halogens is 1. The maximum Gasteiger partial charge on any atom is 0.253 e. The van der Waals surface area contributed by atoms with Crippen molar-refractivity contribution in [2.45, 2.75) is 12.5 Å². The van der Waals surface area contributed by atoms with Gasteiger partial charge in [0.25, 0.3) is 5.91 Å². The molecule has 0 bridgehead atoms. The summed E-state index contributed by atoms with van der Waals surface area (Å²) in [6, 6.07) is 6.38. The van der Waals surface area contributed by atoms with Crippen molar-refractivity contribution in [1.82, 2.24) is 15.1 Å². The molecule has 1 unspecified atom stereocenters. The number of hydrogen-bond acceptors (Lipinski definition) is 4. The molecule has 1 aliphatic rings. The maximum absolute atomic E-state index is 12.8. The number of piperazine rings is 1. The Morgan fingerprint density at radius 1 is 1.25 bits per heavy atom. The van der Waals surface area contributed by atoms with E-state index in [1.165, 1.54) is 0 Å². The monoisotopic (exact) mass is 369 g/mol. The van der Waals surface area contributed by atoms with E-state index in [-0.39, 0.29) is 11.8 Å². The molecule has 2 rings (SSSR count). The summed E-state index contributed by atoms with van der Waals surface area (Å²) >= 11 is 7.75. The summed E-state index contributed by atoms with van der Waals surface area (Å²) in [5.41, 5.74) is 0.402. The van der Waals surface area contributed by atoms with Crippen LogP contribution in [0.15, 0.2) is 24.3 Å². The molecule has 1 atom stereocenters. The van der Waals surface area contributed by atoms with Crippen molar-refractivity contribution in [3.8, 4) is 0 Å². The van der Waals surface area contributed by atoms with E-state index >= 15 is 0 Å². The number of hydrogen-bond donors (Lipinski definition) is 1. The Balaban J connectivity index is 2.06. The predicted molar refractivity (Wildman–Crippen MR) is 99.8 cm³/mol. The number of nitrogens with zero attached hydrogens (tertiary/aromatic N) is 2. The van der Waals surface area contributed by atoms with Gasteiger partial charge in [0, 0.05) is 26.2 Å². The fraction of sp³-hybridized carbons (Fsp3) is 0.529. The lowest BCUT2D eigenvalue weighted by Crippen LogP contribution is -2.54. The smallest absolute Gasteiger partial charge is 0.253 e. The molecule has 0 spiro atoms. The molecule has 1 heterocycles. The van der Waals surface area contributed by atoms with Gasteiger partial charge in [0.05, 0.1) is 10.6 Å². The van der Waals surface area contributed by atoms with Crippen LogP contribution >= 0.6 is 23.4 Å². The first-order valence-electron chi connectivity index (χ1n) is 8.04. The molecule has 1 saturated heterocycles.